The summed E-state index contributed by atoms with van der Waals surface area (Å²) >= 11 is 0. The lowest BCUT2D eigenvalue weighted by Crippen LogP contribution is -2.33. The number of rotatable bonds is 4. The summed E-state index contributed by atoms with van der Waals surface area (Å²) in [6.45, 7) is 7.21. The Morgan fingerprint density at radius 3 is 2.50 bits per heavy atom. The molecule has 0 bridgehead atoms. The molecule has 0 aromatic carbocycles. The van der Waals surface area contributed by atoms with E-state index in [1.54, 1.807) is 20.8 Å². The fourth-order valence-corrected chi connectivity index (χ4v) is 0.882. The molecule has 0 aromatic heterocycles. The summed E-state index contributed by atoms with van der Waals surface area (Å²) in [5.41, 5.74) is -0.555. The molecule has 0 rings (SSSR count). The summed E-state index contributed by atoms with van der Waals surface area (Å²) in [5.74, 6) is 0. The van der Waals surface area contributed by atoms with Crippen LogP contribution < -0.4 is 5.11 Å². The Kier molecular flexibility index (Phi) is 5.20. The molecule has 0 saturated heterocycles. The number of carbonyl (C=O) groups is 1. The topological polar surface area (TPSA) is 61.7 Å². The van der Waals surface area contributed by atoms with E-state index in [2.05, 4.69) is 4.99 Å². The van der Waals surface area contributed by atoms with E-state index in [0.29, 0.717) is 12.7 Å². The number of hydrogen-bond acceptors (Lipinski definition) is 4. The molecule has 0 aromatic rings. The normalized spacial score (nSPS) is 15.0. The Balaban J connectivity index is 4.25. The zero-order valence-electron chi connectivity index (χ0n) is 9.24. The maximum atomic E-state index is 11.2. The third-order valence-electron chi connectivity index (χ3n) is 1.41. The highest BCUT2D eigenvalue weighted by atomic mass is 16.6. The predicted molar refractivity (Wildman–Crippen MR) is 53.0 cm³/mol. The molecule has 0 radical (unpaired) electrons. The van der Waals surface area contributed by atoms with Crippen molar-refractivity contribution in [2.75, 3.05) is 0 Å². The first-order valence-electron chi connectivity index (χ1n) is 4.78. The molecule has 0 fully saturated rings. The summed E-state index contributed by atoms with van der Waals surface area (Å²) in [6.07, 6.45) is 1.41. The minimum atomic E-state index is -0.664. The van der Waals surface area contributed by atoms with Crippen molar-refractivity contribution in [3.05, 3.63) is 0 Å². The highest BCUT2D eigenvalue weighted by molar-refractivity contribution is 5.67. The smallest absolute Gasteiger partial charge is 0.146 e. The maximum absolute atomic E-state index is 11.2. The zero-order chi connectivity index (χ0) is 11.2. The van der Waals surface area contributed by atoms with E-state index < -0.39 is 17.7 Å². The molecule has 1 unspecified atom stereocenters. The van der Waals surface area contributed by atoms with Crippen molar-refractivity contribution in [2.24, 2.45) is 4.99 Å². The van der Waals surface area contributed by atoms with Crippen molar-refractivity contribution in [1.29, 1.82) is 0 Å². The van der Waals surface area contributed by atoms with Gasteiger partial charge in [-0.2, -0.15) is 0 Å². The third-order valence-corrected chi connectivity index (χ3v) is 1.41. The number of hydrogen-bond donors (Lipinski definition) is 0. The number of nitrogens with zero attached hydrogens (tertiary/aromatic N) is 1. The van der Waals surface area contributed by atoms with Crippen LogP contribution in [0.4, 0.5) is 0 Å². The highest BCUT2D eigenvalue weighted by Crippen LogP contribution is 2.07. The minimum absolute atomic E-state index is 0.555. The van der Waals surface area contributed by atoms with Gasteiger partial charge in [-0.3, -0.25) is 4.99 Å². The molecular weight excluding hydrogens is 182 g/mol. The van der Waals surface area contributed by atoms with Gasteiger partial charge in [0.2, 0.25) is 0 Å². The van der Waals surface area contributed by atoms with Crippen molar-refractivity contribution in [3.8, 4) is 0 Å². The van der Waals surface area contributed by atoms with Crippen LogP contribution in [0.3, 0.4) is 0 Å². The lowest BCUT2D eigenvalue weighted by molar-refractivity contribution is -0.260. The van der Waals surface area contributed by atoms with Gasteiger partial charge in [0.05, 0.1) is 0 Å². The molecular formula is C10H18NO3-. The number of aliphatic imine (C=N–C) groups is 1. The summed E-state index contributed by atoms with van der Waals surface area (Å²) in [6, 6.07) is -0.560. The lowest BCUT2D eigenvalue weighted by Gasteiger charge is -2.29. The van der Waals surface area contributed by atoms with Gasteiger partial charge in [0.1, 0.15) is 18.4 Å². The van der Waals surface area contributed by atoms with Gasteiger partial charge in [-0.05, 0) is 6.42 Å². The minimum Gasteiger partial charge on any atom is -0.595 e. The van der Waals surface area contributed by atoms with E-state index in [-0.39, 0.29) is 0 Å². The van der Waals surface area contributed by atoms with Gasteiger partial charge >= 0.3 is 0 Å². The standard InChI is InChI=1S/C10H19NO3/c1-5-6-8(7-12)11-9(13)14-10(2,3)4/h7-8H,5-6H2,1-4H3,(H,11,13)/p-1. The molecule has 14 heavy (non-hydrogen) atoms. The van der Waals surface area contributed by atoms with Crippen molar-refractivity contribution < 1.29 is 14.6 Å². The van der Waals surface area contributed by atoms with Gasteiger partial charge in [0, 0.05) is 5.60 Å². The van der Waals surface area contributed by atoms with E-state index in [1.165, 1.54) is 0 Å². The van der Waals surface area contributed by atoms with Gasteiger partial charge in [-0.25, -0.2) is 0 Å². The third kappa shape index (κ3) is 6.46. The van der Waals surface area contributed by atoms with Crippen LogP contribution in [-0.4, -0.2) is 24.0 Å². The molecule has 0 heterocycles. The van der Waals surface area contributed by atoms with Gasteiger partial charge < -0.3 is 14.6 Å². The van der Waals surface area contributed by atoms with Gasteiger partial charge in [0.25, 0.3) is 0 Å². The zero-order valence-corrected chi connectivity index (χ0v) is 9.24. The molecule has 0 N–H and O–H groups in total. The second-order valence-electron chi connectivity index (χ2n) is 4.10. The van der Waals surface area contributed by atoms with Gasteiger partial charge in [-0.1, -0.05) is 34.1 Å². The Morgan fingerprint density at radius 2 is 2.14 bits per heavy atom. The molecule has 4 heteroatoms. The monoisotopic (exact) mass is 200 g/mol. The number of ether oxygens (including phenoxy) is 1. The van der Waals surface area contributed by atoms with E-state index in [4.69, 9.17) is 4.74 Å². The fourth-order valence-electron chi connectivity index (χ4n) is 0.882. The van der Waals surface area contributed by atoms with Crippen LogP contribution in [-0.2, 0) is 9.53 Å². The number of aldehydes is 1. The van der Waals surface area contributed by atoms with E-state index in [1.807, 2.05) is 6.92 Å². The Labute approximate surface area is 85.0 Å². The fraction of sp³-hybridized carbons (Fsp3) is 0.800. The van der Waals surface area contributed by atoms with E-state index in [9.17, 15) is 9.90 Å². The average molecular weight is 200 g/mol. The van der Waals surface area contributed by atoms with Crippen LogP contribution in [0.25, 0.3) is 0 Å². The quantitative estimate of drug-likeness (QED) is 0.384. The first kappa shape index (κ1) is 12.9. The maximum Gasteiger partial charge on any atom is 0.146 e. The van der Waals surface area contributed by atoms with Crippen LogP contribution in [0.15, 0.2) is 4.99 Å². The molecule has 0 aliphatic heterocycles. The summed E-state index contributed by atoms with van der Waals surface area (Å²) < 4.78 is 4.95. The predicted octanol–water partition coefficient (Wildman–Crippen LogP) is 0.885. The molecule has 0 amide bonds. The summed E-state index contributed by atoms with van der Waals surface area (Å²) in [5, 5.41) is 11.2. The average Bonchev–Trinajstić information content (AvgIpc) is 2.00. The molecule has 0 aliphatic carbocycles. The largest absolute Gasteiger partial charge is 0.595 e. The van der Waals surface area contributed by atoms with Gasteiger partial charge in [-0.15, -0.1) is 0 Å². The number of carbonyl (C=O) groups excluding carboxylic acids is 1. The van der Waals surface area contributed by atoms with Crippen molar-refractivity contribution in [2.45, 2.75) is 52.2 Å². The summed E-state index contributed by atoms with van der Waals surface area (Å²) in [4.78, 5) is 14.1. The van der Waals surface area contributed by atoms with Crippen LogP contribution in [0, 0.1) is 0 Å². The van der Waals surface area contributed by atoms with Crippen LogP contribution in [0.1, 0.15) is 40.5 Å². The molecule has 0 aliphatic rings. The SMILES string of the molecule is CCCC(C=O)N=C([O-])OC(C)(C)C. The van der Waals surface area contributed by atoms with Crippen LogP contribution >= 0.6 is 0 Å². The van der Waals surface area contributed by atoms with Gasteiger partial charge in [0.15, 0.2) is 0 Å². The van der Waals surface area contributed by atoms with Crippen molar-refractivity contribution in [1.82, 2.24) is 0 Å². The molecule has 1 atom stereocenters. The van der Waals surface area contributed by atoms with Crippen LogP contribution in [0.2, 0.25) is 0 Å². The van der Waals surface area contributed by atoms with Crippen molar-refractivity contribution in [3.63, 3.8) is 0 Å². The second-order valence-corrected chi connectivity index (χ2v) is 4.10. The first-order valence-corrected chi connectivity index (χ1v) is 4.78. The van der Waals surface area contributed by atoms with E-state index in [0.717, 1.165) is 6.42 Å². The second kappa shape index (κ2) is 5.62. The molecule has 82 valence electrons. The Bertz CT molecular complexity index is 206. The first-order chi connectivity index (χ1) is 6.39. The Morgan fingerprint density at radius 1 is 1.57 bits per heavy atom. The lowest BCUT2D eigenvalue weighted by atomic mass is 10.2. The van der Waals surface area contributed by atoms with Crippen molar-refractivity contribution >= 4 is 12.4 Å². The van der Waals surface area contributed by atoms with Crippen LogP contribution in [0.5, 0.6) is 0 Å². The molecule has 4 nitrogen and oxygen atoms in total. The highest BCUT2D eigenvalue weighted by Gasteiger charge is 2.07. The Hall–Kier alpha value is -1.06. The summed E-state index contributed by atoms with van der Waals surface area (Å²) in [7, 11) is 0. The van der Waals surface area contributed by atoms with E-state index >= 15 is 0 Å². The molecule has 0 spiro atoms. The molecule has 0 saturated carbocycles.